The first-order chi connectivity index (χ1) is 13.0. The number of sulfonamides is 1. The molecule has 1 N–H and O–H groups in total. The molecule has 1 fully saturated rings. The molecule has 0 aromatic heterocycles. The summed E-state index contributed by atoms with van der Waals surface area (Å²) >= 11 is 0. The van der Waals surface area contributed by atoms with E-state index in [0.717, 1.165) is 36.9 Å². The first kappa shape index (κ1) is 19.6. The van der Waals surface area contributed by atoms with Gasteiger partial charge in [0.1, 0.15) is 0 Å². The summed E-state index contributed by atoms with van der Waals surface area (Å²) in [6, 6.07) is 16.4. The highest BCUT2D eigenvalue weighted by atomic mass is 32.2. The number of nitrogens with zero attached hydrogens (tertiary/aromatic N) is 1. The van der Waals surface area contributed by atoms with Crippen molar-refractivity contribution < 1.29 is 13.2 Å². The third-order valence-corrected chi connectivity index (χ3v) is 6.59. The summed E-state index contributed by atoms with van der Waals surface area (Å²) in [5.74, 6) is 0.0285. The van der Waals surface area contributed by atoms with Gasteiger partial charge in [-0.3, -0.25) is 4.79 Å². The second-order valence-corrected chi connectivity index (χ2v) is 8.75. The number of rotatable bonds is 7. The van der Waals surface area contributed by atoms with Crippen LogP contribution in [0.25, 0.3) is 0 Å². The lowest BCUT2D eigenvalue weighted by Gasteiger charge is -2.17. The van der Waals surface area contributed by atoms with Crippen molar-refractivity contribution in [2.45, 2.75) is 49.5 Å². The Morgan fingerprint density at radius 2 is 1.67 bits per heavy atom. The Morgan fingerprint density at radius 1 is 1.04 bits per heavy atom. The van der Waals surface area contributed by atoms with Gasteiger partial charge in [0.25, 0.3) is 0 Å². The normalized spacial score (nSPS) is 15.0. The zero-order valence-electron chi connectivity index (χ0n) is 15.6. The van der Waals surface area contributed by atoms with Crippen molar-refractivity contribution in [3.8, 4) is 0 Å². The number of amides is 1. The molecule has 0 aliphatic heterocycles. The van der Waals surface area contributed by atoms with Crippen LogP contribution < -0.4 is 9.62 Å². The molecule has 0 bridgehead atoms. The number of benzene rings is 2. The molecule has 0 spiro atoms. The molecule has 0 heterocycles. The molecule has 0 unspecified atom stereocenters. The van der Waals surface area contributed by atoms with E-state index in [1.165, 1.54) is 0 Å². The lowest BCUT2D eigenvalue weighted by molar-refractivity contribution is -0.118. The molecule has 27 heavy (non-hydrogen) atoms. The van der Waals surface area contributed by atoms with Crippen molar-refractivity contribution in [3.05, 3.63) is 60.2 Å². The second-order valence-electron chi connectivity index (χ2n) is 7.03. The predicted octanol–water partition coefficient (Wildman–Crippen LogP) is 3.50. The van der Waals surface area contributed by atoms with Crippen molar-refractivity contribution in [2.75, 3.05) is 11.9 Å². The fourth-order valence-electron chi connectivity index (χ4n) is 3.38. The number of carbonyl (C=O) groups excluding carboxylic acids is 1. The Kier molecular flexibility index (Phi) is 6.29. The van der Waals surface area contributed by atoms with E-state index in [4.69, 9.17) is 0 Å². The van der Waals surface area contributed by atoms with E-state index in [2.05, 4.69) is 4.72 Å². The van der Waals surface area contributed by atoms with Crippen LogP contribution in [-0.4, -0.2) is 27.4 Å². The minimum atomic E-state index is -3.47. The minimum Gasteiger partial charge on any atom is -0.315 e. The maximum absolute atomic E-state index is 12.4. The number of hydrogen-bond donors (Lipinski definition) is 1. The smallest absolute Gasteiger partial charge is 0.240 e. The zero-order valence-corrected chi connectivity index (χ0v) is 16.4. The molecule has 2 aromatic rings. The van der Waals surface area contributed by atoms with Crippen LogP contribution in [0, 0.1) is 0 Å². The Labute approximate surface area is 161 Å². The third-order valence-electron chi connectivity index (χ3n) is 5.06. The summed E-state index contributed by atoms with van der Waals surface area (Å²) in [5.41, 5.74) is 1.81. The van der Waals surface area contributed by atoms with E-state index in [0.29, 0.717) is 12.8 Å². The Morgan fingerprint density at radius 3 is 2.30 bits per heavy atom. The maximum atomic E-state index is 12.4. The minimum absolute atomic E-state index is 0.0285. The average molecular weight is 387 g/mol. The topological polar surface area (TPSA) is 66.5 Å². The van der Waals surface area contributed by atoms with Crippen molar-refractivity contribution in [3.63, 3.8) is 0 Å². The standard InChI is InChI=1S/C21H26N2O3S/c1-23(19-9-3-2-4-10-19)21(24)16-13-17-11-14-20(15-12-17)27(25,26)22-18-7-5-6-8-18/h2-4,9-12,14-15,18,22H,5-8,13,16H2,1H3. The molecule has 1 amide bonds. The van der Waals surface area contributed by atoms with Gasteiger partial charge in [-0.1, -0.05) is 43.2 Å². The fourth-order valence-corrected chi connectivity index (χ4v) is 4.69. The summed E-state index contributed by atoms with van der Waals surface area (Å²) in [4.78, 5) is 14.3. The summed E-state index contributed by atoms with van der Waals surface area (Å²) < 4.78 is 27.7. The van der Waals surface area contributed by atoms with Gasteiger partial charge >= 0.3 is 0 Å². The van der Waals surface area contributed by atoms with Gasteiger partial charge in [-0.2, -0.15) is 0 Å². The lowest BCUT2D eigenvalue weighted by Crippen LogP contribution is -2.32. The molecule has 144 valence electrons. The largest absolute Gasteiger partial charge is 0.315 e. The van der Waals surface area contributed by atoms with Gasteiger partial charge in [-0.25, -0.2) is 13.1 Å². The van der Waals surface area contributed by atoms with Gasteiger partial charge in [-0.15, -0.1) is 0 Å². The quantitative estimate of drug-likeness (QED) is 0.792. The third kappa shape index (κ3) is 5.17. The first-order valence-corrected chi connectivity index (χ1v) is 10.9. The van der Waals surface area contributed by atoms with Gasteiger partial charge in [0.05, 0.1) is 4.90 Å². The van der Waals surface area contributed by atoms with Crippen LogP contribution in [0.1, 0.15) is 37.7 Å². The Bertz CT molecular complexity index is 858. The highest BCUT2D eigenvalue weighted by Gasteiger charge is 2.22. The molecule has 3 rings (SSSR count). The molecular formula is C21H26N2O3S. The summed E-state index contributed by atoms with van der Waals surface area (Å²) in [7, 11) is -1.70. The van der Waals surface area contributed by atoms with Crippen LogP contribution in [0.4, 0.5) is 5.69 Å². The molecular weight excluding hydrogens is 360 g/mol. The van der Waals surface area contributed by atoms with E-state index in [-0.39, 0.29) is 16.8 Å². The fraction of sp³-hybridized carbons (Fsp3) is 0.381. The molecule has 1 saturated carbocycles. The Balaban J connectivity index is 1.56. The van der Waals surface area contributed by atoms with Gasteiger partial charge < -0.3 is 4.90 Å². The second kappa shape index (κ2) is 8.67. The number of hydrogen-bond acceptors (Lipinski definition) is 3. The Hall–Kier alpha value is -2.18. The highest BCUT2D eigenvalue weighted by Crippen LogP contribution is 2.21. The van der Waals surface area contributed by atoms with E-state index in [9.17, 15) is 13.2 Å². The molecule has 0 atom stereocenters. The monoisotopic (exact) mass is 386 g/mol. The summed E-state index contributed by atoms with van der Waals surface area (Å²) in [5, 5.41) is 0. The van der Waals surface area contributed by atoms with Crippen LogP contribution in [-0.2, 0) is 21.2 Å². The van der Waals surface area contributed by atoms with Gasteiger partial charge in [-0.05, 0) is 49.1 Å². The SMILES string of the molecule is CN(C(=O)CCc1ccc(S(=O)(=O)NC2CCCC2)cc1)c1ccccc1. The van der Waals surface area contributed by atoms with Crippen LogP contribution in [0.3, 0.4) is 0 Å². The number of aryl methyl sites for hydroxylation is 1. The van der Waals surface area contributed by atoms with E-state index >= 15 is 0 Å². The van der Waals surface area contributed by atoms with Gasteiger partial charge in [0.15, 0.2) is 0 Å². The van der Waals surface area contributed by atoms with Gasteiger partial charge in [0.2, 0.25) is 15.9 Å². The lowest BCUT2D eigenvalue weighted by atomic mass is 10.1. The molecule has 1 aliphatic rings. The molecule has 5 nitrogen and oxygen atoms in total. The van der Waals surface area contributed by atoms with E-state index in [1.807, 2.05) is 30.3 Å². The predicted molar refractivity (Wildman–Crippen MR) is 107 cm³/mol. The molecule has 6 heteroatoms. The van der Waals surface area contributed by atoms with Crippen LogP contribution >= 0.6 is 0 Å². The van der Waals surface area contributed by atoms with Gasteiger partial charge in [0, 0.05) is 25.2 Å². The maximum Gasteiger partial charge on any atom is 0.240 e. The van der Waals surface area contributed by atoms with E-state index < -0.39 is 10.0 Å². The average Bonchev–Trinajstić information content (AvgIpc) is 3.19. The van der Waals surface area contributed by atoms with E-state index in [1.54, 1.807) is 36.2 Å². The van der Waals surface area contributed by atoms with Crippen molar-refractivity contribution in [2.24, 2.45) is 0 Å². The molecule has 0 saturated heterocycles. The van der Waals surface area contributed by atoms with Crippen LogP contribution in [0.15, 0.2) is 59.5 Å². The van der Waals surface area contributed by atoms with Crippen molar-refractivity contribution in [1.82, 2.24) is 4.72 Å². The van der Waals surface area contributed by atoms with Crippen LogP contribution in [0.5, 0.6) is 0 Å². The number of carbonyl (C=O) groups is 1. The molecule has 0 radical (unpaired) electrons. The van der Waals surface area contributed by atoms with Crippen LogP contribution in [0.2, 0.25) is 0 Å². The summed E-state index contributed by atoms with van der Waals surface area (Å²) in [6.07, 6.45) is 4.93. The zero-order chi connectivity index (χ0) is 19.3. The number of anilines is 1. The number of nitrogens with one attached hydrogen (secondary N) is 1. The molecule has 2 aromatic carbocycles. The summed E-state index contributed by atoms with van der Waals surface area (Å²) in [6.45, 7) is 0. The first-order valence-electron chi connectivity index (χ1n) is 9.38. The van der Waals surface area contributed by atoms with Crippen molar-refractivity contribution >= 4 is 21.6 Å². The van der Waals surface area contributed by atoms with Crippen molar-refractivity contribution in [1.29, 1.82) is 0 Å². The molecule has 1 aliphatic carbocycles. The highest BCUT2D eigenvalue weighted by molar-refractivity contribution is 7.89. The number of para-hydroxylation sites is 1.